The highest BCUT2D eigenvalue weighted by molar-refractivity contribution is 7.98. The topological polar surface area (TPSA) is 20.3 Å². The average molecular weight is 364 g/mol. The predicted molar refractivity (Wildman–Crippen MR) is 100 cm³/mol. The minimum atomic E-state index is -0.181. The number of hydrogen-bond donors (Lipinski definition) is 0. The van der Waals surface area contributed by atoms with E-state index in [1.807, 2.05) is 11.9 Å². The van der Waals surface area contributed by atoms with E-state index in [1.54, 1.807) is 11.8 Å². The van der Waals surface area contributed by atoms with Crippen LogP contribution in [0.2, 0.25) is 0 Å². The van der Waals surface area contributed by atoms with Crippen LogP contribution in [0.15, 0.2) is 29.2 Å². The molecule has 0 heterocycles. The van der Waals surface area contributed by atoms with Crippen LogP contribution in [0.5, 0.6) is 0 Å². The third-order valence-corrected chi connectivity index (χ3v) is 7.55. The monoisotopic (exact) mass is 363 g/mol. The van der Waals surface area contributed by atoms with E-state index in [9.17, 15) is 4.79 Å². The summed E-state index contributed by atoms with van der Waals surface area (Å²) in [5.41, 5.74) is 1.02. The molecule has 2 unspecified atom stereocenters. The average Bonchev–Trinajstić information content (AvgIpc) is 2.52. The Morgan fingerprint density at radius 1 is 1.21 bits per heavy atom. The number of amides is 1. The Bertz CT molecular complexity index is 630. The van der Waals surface area contributed by atoms with E-state index in [-0.39, 0.29) is 10.3 Å². The molecule has 4 heteroatoms. The van der Waals surface area contributed by atoms with Crippen LogP contribution in [-0.2, 0) is 11.3 Å². The first-order valence-electron chi connectivity index (χ1n) is 8.99. The van der Waals surface area contributed by atoms with Crippen molar-refractivity contribution < 1.29 is 4.79 Å². The summed E-state index contributed by atoms with van der Waals surface area (Å²) < 4.78 is 0. The second-order valence-electron chi connectivity index (χ2n) is 8.40. The van der Waals surface area contributed by atoms with Gasteiger partial charge in [0.1, 0.15) is 0 Å². The maximum Gasteiger partial charge on any atom is 0.228 e. The van der Waals surface area contributed by atoms with Crippen molar-refractivity contribution in [1.82, 2.24) is 4.90 Å². The van der Waals surface area contributed by atoms with Gasteiger partial charge >= 0.3 is 0 Å². The summed E-state index contributed by atoms with van der Waals surface area (Å²) in [6.07, 6.45) is 8.64. The number of halogens is 1. The van der Waals surface area contributed by atoms with Crippen LogP contribution in [0.4, 0.5) is 0 Å². The molecule has 24 heavy (non-hydrogen) atoms. The molecule has 4 bridgehead atoms. The maximum atomic E-state index is 13.3. The summed E-state index contributed by atoms with van der Waals surface area (Å²) in [6.45, 7) is 0.694. The van der Waals surface area contributed by atoms with Gasteiger partial charge in [0.15, 0.2) is 0 Å². The molecule has 0 aromatic heterocycles. The van der Waals surface area contributed by atoms with Crippen molar-refractivity contribution in [2.24, 2.45) is 17.3 Å². The van der Waals surface area contributed by atoms with Gasteiger partial charge in [-0.25, -0.2) is 0 Å². The van der Waals surface area contributed by atoms with E-state index in [0.29, 0.717) is 24.3 Å². The van der Waals surface area contributed by atoms with Gasteiger partial charge in [0, 0.05) is 23.4 Å². The minimum absolute atomic E-state index is 0.0966. The highest BCUT2D eigenvalue weighted by Gasteiger charge is 2.60. The lowest BCUT2D eigenvalue weighted by molar-refractivity contribution is -0.155. The SMILES string of the molecule is CSc1ccc(CN(C)C(=O)C23C[C@@H]4C[C@@H](CC(Cl)(C4)C2)C3)cc1. The van der Waals surface area contributed by atoms with Gasteiger partial charge in [-0.05, 0) is 74.3 Å². The molecule has 4 fully saturated rings. The summed E-state index contributed by atoms with van der Waals surface area (Å²) in [5.74, 6) is 1.67. The molecule has 0 radical (unpaired) electrons. The third-order valence-electron chi connectivity index (χ3n) is 6.37. The van der Waals surface area contributed by atoms with E-state index in [4.69, 9.17) is 11.6 Å². The lowest BCUT2D eigenvalue weighted by Gasteiger charge is -2.59. The Labute approximate surface area is 154 Å². The van der Waals surface area contributed by atoms with Gasteiger partial charge in [-0.15, -0.1) is 23.4 Å². The Balaban J connectivity index is 1.50. The molecule has 0 N–H and O–H groups in total. The highest BCUT2D eigenvalue weighted by atomic mass is 35.5. The molecule has 0 saturated heterocycles. The Kier molecular flexibility index (Phi) is 4.16. The van der Waals surface area contributed by atoms with Crippen LogP contribution in [0.1, 0.15) is 44.1 Å². The van der Waals surface area contributed by atoms with E-state index >= 15 is 0 Å². The molecule has 1 aromatic rings. The highest BCUT2D eigenvalue weighted by Crippen LogP contribution is 2.64. The van der Waals surface area contributed by atoms with Crippen molar-refractivity contribution in [3.05, 3.63) is 29.8 Å². The quantitative estimate of drug-likeness (QED) is 0.557. The van der Waals surface area contributed by atoms with Gasteiger partial charge in [0.2, 0.25) is 5.91 Å². The van der Waals surface area contributed by atoms with E-state index < -0.39 is 0 Å². The van der Waals surface area contributed by atoms with Gasteiger partial charge in [-0.1, -0.05) is 12.1 Å². The largest absolute Gasteiger partial charge is 0.341 e. The van der Waals surface area contributed by atoms with Crippen LogP contribution in [0.25, 0.3) is 0 Å². The summed E-state index contributed by atoms with van der Waals surface area (Å²) in [7, 11) is 1.96. The molecule has 5 rings (SSSR count). The molecule has 1 amide bonds. The number of carbonyl (C=O) groups is 1. The van der Waals surface area contributed by atoms with Crippen LogP contribution in [0.3, 0.4) is 0 Å². The first-order valence-corrected chi connectivity index (χ1v) is 10.6. The minimum Gasteiger partial charge on any atom is -0.341 e. The van der Waals surface area contributed by atoms with E-state index in [2.05, 4.69) is 30.5 Å². The van der Waals surface area contributed by atoms with Gasteiger partial charge in [0.05, 0.1) is 5.41 Å². The first kappa shape index (κ1) is 16.8. The van der Waals surface area contributed by atoms with Gasteiger partial charge in [-0.2, -0.15) is 0 Å². The molecule has 4 saturated carbocycles. The van der Waals surface area contributed by atoms with Gasteiger partial charge in [-0.3, -0.25) is 4.79 Å². The number of thioether (sulfide) groups is 1. The Hall–Kier alpha value is -0.670. The number of hydrogen-bond acceptors (Lipinski definition) is 2. The molecule has 130 valence electrons. The summed E-state index contributed by atoms with van der Waals surface area (Å²) in [6, 6.07) is 8.55. The first-order chi connectivity index (χ1) is 11.4. The molecule has 0 spiro atoms. The lowest BCUT2D eigenvalue weighted by atomic mass is 9.49. The predicted octanol–water partition coefficient (Wildman–Crippen LogP) is 4.94. The number of rotatable bonds is 4. The van der Waals surface area contributed by atoms with Gasteiger partial charge in [0.25, 0.3) is 0 Å². The molecule has 2 nitrogen and oxygen atoms in total. The molecule has 4 atom stereocenters. The Morgan fingerprint density at radius 2 is 1.83 bits per heavy atom. The van der Waals surface area contributed by atoms with E-state index in [0.717, 1.165) is 32.1 Å². The third kappa shape index (κ3) is 2.88. The van der Waals surface area contributed by atoms with Crippen LogP contribution < -0.4 is 0 Å². The Morgan fingerprint density at radius 3 is 2.38 bits per heavy atom. The van der Waals surface area contributed by atoms with Crippen LogP contribution >= 0.6 is 23.4 Å². The second kappa shape index (κ2) is 5.95. The molecular weight excluding hydrogens is 338 g/mol. The zero-order chi connectivity index (χ0) is 16.9. The fraction of sp³-hybridized carbons (Fsp3) is 0.650. The molecule has 4 aliphatic carbocycles. The fourth-order valence-corrected chi connectivity index (χ4v) is 6.98. The fourth-order valence-electron chi connectivity index (χ4n) is 5.88. The zero-order valence-electron chi connectivity index (χ0n) is 14.6. The van der Waals surface area contributed by atoms with Crippen molar-refractivity contribution in [3.63, 3.8) is 0 Å². The number of nitrogens with zero attached hydrogens (tertiary/aromatic N) is 1. The van der Waals surface area contributed by atoms with Crippen molar-refractivity contribution in [2.75, 3.05) is 13.3 Å². The zero-order valence-corrected chi connectivity index (χ0v) is 16.1. The van der Waals surface area contributed by atoms with Crippen LogP contribution in [0, 0.1) is 17.3 Å². The number of benzene rings is 1. The molecular formula is C20H26ClNOS. The lowest BCUT2D eigenvalue weighted by Crippen LogP contribution is -2.58. The summed E-state index contributed by atoms with van der Waals surface area (Å²) in [4.78, 5) is 16.4. The summed E-state index contributed by atoms with van der Waals surface area (Å²) in [5, 5.41) is 0. The van der Waals surface area contributed by atoms with Crippen molar-refractivity contribution in [2.45, 2.75) is 54.8 Å². The van der Waals surface area contributed by atoms with E-state index in [1.165, 1.54) is 16.9 Å². The molecule has 4 aliphatic rings. The molecule has 1 aromatic carbocycles. The number of alkyl halides is 1. The van der Waals surface area contributed by atoms with Crippen molar-refractivity contribution >= 4 is 29.3 Å². The van der Waals surface area contributed by atoms with Crippen molar-refractivity contribution in [3.8, 4) is 0 Å². The maximum absolute atomic E-state index is 13.3. The second-order valence-corrected chi connectivity index (χ2v) is 10.1. The van der Waals surface area contributed by atoms with Crippen molar-refractivity contribution in [1.29, 1.82) is 0 Å². The standard InChI is InChI=1S/C20H26ClNOS/c1-22(12-14-3-5-17(24-2)6-4-14)18(23)19-8-15-7-16(9-19)11-20(21,10-15)13-19/h3-6,15-16H,7-13H2,1-2H3/t15-,16+,19?,20?. The molecule has 0 aliphatic heterocycles. The smallest absolute Gasteiger partial charge is 0.228 e. The van der Waals surface area contributed by atoms with Crippen LogP contribution in [-0.4, -0.2) is 29.0 Å². The summed E-state index contributed by atoms with van der Waals surface area (Å²) >= 11 is 8.64. The number of carbonyl (C=O) groups excluding carboxylic acids is 1. The van der Waals surface area contributed by atoms with Gasteiger partial charge < -0.3 is 4.90 Å². The normalized spacial score (nSPS) is 36.8.